The number of hydrogen-bond donors (Lipinski definition) is 1. The maximum Gasteiger partial charge on any atom is 0.337 e. The number of nitrogens with zero attached hydrogens (tertiary/aromatic N) is 1. The predicted octanol–water partition coefficient (Wildman–Crippen LogP) is 2.55. The van der Waals surface area contributed by atoms with Crippen molar-refractivity contribution < 1.29 is 14.3 Å². The van der Waals surface area contributed by atoms with Crippen molar-refractivity contribution in [2.75, 3.05) is 26.0 Å². The number of methoxy groups -OCH3 is 1. The monoisotopic (exact) mass is 294 g/mol. The fourth-order valence-electron chi connectivity index (χ4n) is 2.30. The first-order valence-corrected chi connectivity index (χ1v) is 7.23. The molecule has 0 heterocycles. The molecule has 0 amide bonds. The minimum absolute atomic E-state index is 0.404. The molecule has 0 aliphatic carbocycles. The van der Waals surface area contributed by atoms with E-state index in [-0.39, 0.29) is 0 Å². The average Bonchev–Trinajstić information content (AvgIpc) is 2.43. The van der Waals surface area contributed by atoms with Crippen molar-refractivity contribution in [1.29, 1.82) is 0 Å². The van der Waals surface area contributed by atoms with Crippen LogP contribution in [-0.4, -0.2) is 43.2 Å². The van der Waals surface area contributed by atoms with Crippen LogP contribution in [0.1, 0.15) is 38.1 Å². The predicted molar refractivity (Wildman–Crippen MR) is 84.7 cm³/mol. The van der Waals surface area contributed by atoms with Gasteiger partial charge in [0.05, 0.1) is 18.4 Å². The third-order valence-electron chi connectivity index (χ3n) is 3.36. The van der Waals surface area contributed by atoms with Crippen LogP contribution >= 0.6 is 0 Å². The van der Waals surface area contributed by atoms with Crippen molar-refractivity contribution in [2.45, 2.75) is 39.8 Å². The molecule has 5 heteroatoms. The van der Waals surface area contributed by atoms with Gasteiger partial charge in [0.1, 0.15) is 12.4 Å². The smallest absolute Gasteiger partial charge is 0.337 e. The summed E-state index contributed by atoms with van der Waals surface area (Å²) in [6, 6.07) is 5.86. The number of ether oxygens (including phenoxy) is 2. The Balaban J connectivity index is 2.62. The van der Waals surface area contributed by atoms with E-state index in [0.29, 0.717) is 35.7 Å². The number of anilines is 1. The zero-order valence-electron chi connectivity index (χ0n) is 13.6. The van der Waals surface area contributed by atoms with Gasteiger partial charge in [-0.1, -0.05) is 0 Å². The largest absolute Gasteiger partial charge is 0.490 e. The quantitative estimate of drug-likeness (QED) is 0.618. The van der Waals surface area contributed by atoms with E-state index in [0.717, 1.165) is 6.54 Å². The van der Waals surface area contributed by atoms with Crippen molar-refractivity contribution in [3.05, 3.63) is 23.8 Å². The first kappa shape index (κ1) is 17.3. The lowest BCUT2D eigenvalue weighted by Gasteiger charge is -2.30. The summed E-state index contributed by atoms with van der Waals surface area (Å²) in [5.41, 5.74) is 6.77. The van der Waals surface area contributed by atoms with Gasteiger partial charge in [-0.15, -0.1) is 0 Å². The molecular formula is C16H26N2O3. The molecule has 0 spiro atoms. The molecule has 0 saturated carbocycles. The lowest BCUT2D eigenvalue weighted by atomic mass is 10.2. The maximum atomic E-state index is 11.4. The third kappa shape index (κ3) is 4.93. The molecule has 118 valence electrons. The van der Waals surface area contributed by atoms with Crippen LogP contribution in [0.15, 0.2) is 18.2 Å². The second kappa shape index (κ2) is 7.88. The number of carbonyl (C=O) groups excluding carboxylic acids is 1. The van der Waals surface area contributed by atoms with Crippen molar-refractivity contribution >= 4 is 11.7 Å². The maximum absolute atomic E-state index is 11.4. The Bertz CT molecular complexity index is 465. The summed E-state index contributed by atoms with van der Waals surface area (Å²) in [4.78, 5) is 13.8. The van der Waals surface area contributed by atoms with Crippen LogP contribution in [0.5, 0.6) is 5.75 Å². The van der Waals surface area contributed by atoms with Crippen LogP contribution in [0.4, 0.5) is 5.69 Å². The number of benzene rings is 1. The summed E-state index contributed by atoms with van der Waals surface area (Å²) >= 11 is 0. The van der Waals surface area contributed by atoms with Crippen LogP contribution in [0, 0.1) is 0 Å². The van der Waals surface area contributed by atoms with Crippen LogP contribution in [-0.2, 0) is 4.74 Å². The summed E-state index contributed by atoms with van der Waals surface area (Å²) in [7, 11) is 1.34. The first-order chi connectivity index (χ1) is 9.86. The van der Waals surface area contributed by atoms with Gasteiger partial charge in [-0.3, -0.25) is 4.90 Å². The Kier molecular flexibility index (Phi) is 6.49. The lowest BCUT2D eigenvalue weighted by molar-refractivity contribution is 0.0600. The molecule has 1 aromatic carbocycles. The molecule has 0 aliphatic rings. The molecule has 0 saturated heterocycles. The van der Waals surface area contributed by atoms with E-state index in [2.05, 4.69) is 37.3 Å². The van der Waals surface area contributed by atoms with E-state index in [9.17, 15) is 4.79 Å². The number of nitrogen functional groups attached to an aromatic ring is 1. The highest BCUT2D eigenvalue weighted by molar-refractivity contribution is 5.90. The van der Waals surface area contributed by atoms with Crippen molar-refractivity contribution in [2.24, 2.45) is 0 Å². The second-order valence-electron chi connectivity index (χ2n) is 5.52. The standard InChI is InChI=1S/C16H26N2O3/c1-11(2)18(12(3)4)8-9-21-15-7-6-13(10-14(15)17)16(19)20-5/h6-7,10-12H,8-9,17H2,1-5H3. The number of nitrogens with two attached hydrogens (primary N) is 1. The van der Waals surface area contributed by atoms with Gasteiger partial charge in [0, 0.05) is 18.6 Å². The summed E-state index contributed by atoms with van der Waals surface area (Å²) < 4.78 is 10.4. The molecule has 0 aromatic heterocycles. The van der Waals surface area contributed by atoms with Gasteiger partial charge >= 0.3 is 5.97 Å². The number of esters is 1. The lowest BCUT2D eigenvalue weighted by Crippen LogP contribution is -2.39. The zero-order chi connectivity index (χ0) is 16.0. The van der Waals surface area contributed by atoms with Crippen molar-refractivity contribution in [3.63, 3.8) is 0 Å². The van der Waals surface area contributed by atoms with Crippen molar-refractivity contribution in [1.82, 2.24) is 4.90 Å². The van der Waals surface area contributed by atoms with Crippen LogP contribution in [0.3, 0.4) is 0 Å². The molecule has 1 rings (SSSR count). The molecule has 21 heavy (non-hydrogen) atoms. The van der Waals surface area contributed by atoms with Crippen LogP contribution < -0.4 is 10.5 Å². The fraction of sp³-hybridized carbons (Fsp3) is 0.562. The van der Waals surface area contributed by atoms with E-state index < -0.39 is 5.97 Å². The Morgan fingerprint density at radius 2 is 1.86 bits per heavy atom. The highest BCUT2D eigenvalue weighted by atomic mass is 16.5. The first-order valence-electron chi connectivity index (χ1n) is 7.23. The molecule has 0 bridgehead atoms. The fourth-order valence-corrected chi connectivity index (χ4v) is 2.30. The van der Waals surface area contributed by atoms with Gasteiger partial charge in [-0.05, 0) is 45.9 Å². The van der Waals surface area contributed by atoms with E-state index in [1.807, 2.05) is 0 Å². The van der Waals surface area contributed by atoms with E-state index in [1.165, 1.54) is 7.11 Å². The number of rotatable bonds is 7. The molecule has 0 unspecified atom stereocenters. The minimum atomic E-state index is -0.404. The van der Waals surface area contributed by atoms with E-state index in [1.54, 1.807) is 18.2 Å². The van der Waals surface area contributed by atoms with Crippen LogP contribution in [0.25, 0.3) is 0 Å². The van der Waals surface area contributed by atoms with Gasteiger partial charge in [0.25, 0.3) is 0 Å². The van der Waals surface area contributed by atoms with E-state index in [4.69, 9.17) is 10.5 Å². The van der Waals surface area contributed by atoms with Gasteiger partial charge in [0.15, 0.2) is 0 Å². The Morgan fingerprint density at radius 3 is 2.33 bits per heavy atom. The summed E-state index contributed by atoms with van der Waals surface area (Å²) in [5.74, 6) is 0.189. The Hall–Kier alpha value is -1.75. The Labute approximate surface area is 127 Å². The normalized spacial score (nSPS) is 11.2. The number of carbonyl (C=O) groups is 1. The molecule has 5 nitrogen and oxygen atoms in total. The van der Waals surface area contributed by atoms with Gasteiger partial charge in [0.2, 0.25) is 0 Å². The minimum Gasteiger partial charge on any atom is -0.490 e. The van der Waals surface area contributed by atoms with E-state index >= 15 is 0 Å². The molecule has 0 fully saturated rings. The van der Waals surface area contributed by atoms with Gasteiger partial charge in [-0.25, -0.2) is 4.79 Å². The van der Waals surface area contributed by atoms with Gasteiger partial charge in [-0.2, -0.15) is 0 Å². The molecule has 1 aromatic rings. The molecule has 0 radical (unpaired) electrons. The highest BCUT2D eigenvalue weighted by Gasteiger charge is 2.14. The Morgan fingerprint density at radius 1 is 1.24 bits per heavy atom. The number of hydrogen-bond acceptors (Lipinski definition) is 5. The zero-order valence-corrected chi connectivity index (χ0v) is 13.6. The second-order valence-corrected chi connectivity index (χ2v) is 5.52. The SMILES string of the molecule is COC(=O)c1ccc(OCCN(C(C)C)C(C)C)c(N)c1. The molecule has 0 aliphatic heterocycles. The van der Waals surface area contributed by atoms with Crippen molar-refractivity contribution in [3.8, 4) is 5.75 Å². The molecular weight excluding hydrogens is 268 g/mol. The molecule has 0 atom stereocenters. The topological polar surface area (TPSA) is 64.8 Å². The summed E-state index contributed by atoms with van der Waals surface area (Å²) in [5, 5.41) is 0. The highest BCUT2D eigenvalue weighted by Crippen LogP contribution is 2.23. The van der Waals surface area contributed by atoms with Crippen LogP contribution in [0.2, 0.25) is 0 Å². The third-order valence-corrected chi connectivity index (χ3v) is 3.36. The summed E-state index contributed by atoms with van der Waals surface area (Å²) in [6.45, 7) is 10.0. The average molecular weight is 294 g/mol. The summed E-state index contributed by atoms with van der Waals surface area (Å²) in [6.07, 6.45) is 0. The van der Waals surface area contributed by atoms with Gasteiger partial charge < -0.3 is 15.2 Å². The molecule has 2 N–H and O–H groups in total.